The van der Waals surface area contributed by atoms with Crippen LogP contribution in [0.4, 0.5) is 0 Å². The molecule has 0 fully saturated rings. The Kier molecular flexibility index (Phi) is 33.2. The van der Waals surface area contributed by atoms with Gasteiger partial charge >= 0.3 is 5.97 Å². The fourth-order valence-corrected chi connectivity index (χ4v) is 2.53. The van der Waals surface area contributed by atoms with Crippen LogP contribution < -0.4 is 0 Å². The number of hydrogen-bond acceptors (Lipinski definition) is 13. The minimum absolute atomic E-state index is 0.0236. The van der Waals surface area contributed by atoms with Crippen LogP contribution in [0.1, 0.15) is 13.3 Å². The molecule has 228 valence electrons. The summed E-state index contributed by atoms with van der Waals surface area (Å²) in [5.74, 6) is -0.252. The average molecular weight is 559 g/mol. The molecule has 0 aliphatic carbocycles. The molecule has 0 aliphatic rings. The van der Waals surface area contributed by atoms with Gasteiger partial charge in [-0.2, -0.15) is 0 Å². The Hall–Kier alpha value is -0.970. The van der Waals surface area contributed by atoms with Crippen LogP contribution in [-0.2, 0) is 56.9 Å². The first-order chi connectivity index (χ1) is 18.8. The summed E-state index contributed by atoms with van der Waals surface area (Å²) in [6.45, 7) is 11.6. The number of hydrogen-bond donors (Lipinski definition) is 1. The van der Waals surface area contributed by atoms with Crippen molar-refractivity contribution in [2.24, 2.45) is 0 Å². The third kappa shape index (κ3) is 33.1. The monoisotopic (exact) mass is 558 g/mol. The fraction of sp³-hybridized carbons (Fsp3) is 0.960. The molecule has 1 N–H and O–H groups in total. The molecule has 0 amide bonds. The zero-order chi connectivity index (χ0) is 27.6. The summed E-state index contributed by atoms with van der Waals surface area (Å²) in [5, 5.41) is 8.56. The predicted octanol–water partition coefficient (Wildman–Crippen LogP) is 0.0979. The van der Waals surface area contributed by atoms with E-state index in [1.807, 2.05) is 0 Å². The number of rotatable bonds is 33. The largest absolute Gasteiger partial charge is 0.466 e. The lowest BCUT2D eigenvalue weighted by Gasteiger charge is -2.09. The number of ether oxygens (including phenoxy) is 11. The van der Waals surface area contributed by atoms with E-state index in [1.165, 1.54) is 0 Å². The molecule has 0 spiro atoms. The highest BCUT2D eigenvalue weighted by Crippen LogP contribution is 1.89. The van der Waals surface area contributed by atoms with Crippen LogP contribution in [-0.4, -0.2) is 156 Å². The van der Waals surface area contributed by atoms with Crippen molar-refractivity contribution >= 4 is 5.97 Å². The van der Waals surface area contributed by atoms with Crippen molar-refractivity contribution in [2.75, 3.05) is 145 Å². The summed E-state index contributed by atoms with van der Waals surface area (Å²) in [4.78, 5) is 11.1. The van der Waals surface area contributed by atoms with Crippen molar-refractivity contribution in [1.82, 2.24) is 0 Å². The first kappa shape index (κ1) is 37.0. The third-order valence-electron chi connectivity index (χ3n) is 4.34. The molecule has 0 aliphatic heterocycles. The van der Waals surface area contributed by atoms with E-state index in [-0.39, 0.29) is 19.0 Å². The Labute approximate surface area is 227 Å². The quantitative estimate of drug-likeness (QED) is 0.0861. The van der Waals surface area contributed by atoms with Gasteiger partial charge in [-0.1, -0.05) is 0 Å². The van der Waals surface area contributed by atoms with Crippen molar-refractivity contribution in [3.8, 4) is 0 Å². The fourth-order valence-electron chi connectivity index (χ4n) is 2.53. The summed E-state index contributed by atoms with van der Waals surface area (Å²) < 4.78 is 58.4. The van der Waals surface area contributed by atoms with Crippen molar-refractivity contribution in [2.45, 2.75) is 13.3 Å². The Morgan fingerprint density at radius 1 is 0.421 bits per heavy atom. The Morgan fingerprint density at radius 3 is 0.895 bits per heavy atom. The number of carbonyl (C=O) groups is 1. The molecule has 38 heavy (non-hydrogen) atoms. The molecule has 0 unspecified atom stereocenters. The lowest BCUT2D eigenvalue weighted by molar-refractivity contribution is -0.144. The second kappa shape index (κ2) is 34.1. The van der Waals surface area contributed by atoms with E-state index >= 15 is 0 Å². The minimum Gasteiger partial charge on any atom is -0.466 e. The van der Waals surface area contributed by atoms with E-state index < -0.39 is 0 Å². The first-order valence-electron chi connectivity index (χ1n) is 13.3. The van der Waals surface area contributed by atoms with Crippen LogP contribution >= 0.6 is 0 Å². The van der Waals surface area contributed by atoms with Gasteiger partial charge in [-0.3, -0.25) is 4.79 Å². The van der Waals surface area contributed by atoms with Crippen LogP contribution in [0, 0.1) is 0 Å². The number of esters is 1. The van der Waals surface area contributed by atoms with Gasteiger partial charge in [0.1, 0.15) is 0 Å². The molecule has 0 aromatic rings. The van der Waals surface area contributed by atoms with E-state index in [0.29, 0.717) is 139 Å². The molecule has 13 nitrogen and oxygen atoms in total. The van der Waals surface area contributed by atoms with Crippen LogP contribution in [0.15, 0.2) is 0 Å². The van der Waals surface area contributed by atoms with Gasteiger partial charge in [-0.25, -0.2) is 0 Å². The van der Waals surface area contributed by atoms with Gasteiger partial charge in [0.15, 0.2) is 0 Å². The second-order valence-corrected chi connectivity index (χ2v) is 7.40. The molecule has 0 aromatic carbocycles. The normalized spacial score (nSPS) is 11.3. The molecule has 0 radical (unpaired) electrons. The van der Waals surface area contributed by atoms with Gasteiger partial charge in [0.2, 0.25) is 0 Å². The SMILES string of the molecule is CCOC(=O)CCOCCOCCOCCOCCOCCOCCOCCOCCOCCOCCO. The number of carbonyl (C=O) groups excluding carboxylic acids is 1. The molecule has 0 rings (SSSR count). The maximum absolute atomic E-state index is 11.1. The van der Waals surface area contributed by atoms with Gasteiger partial charge in [0.05, 0.1) is 152 Å². The van der Waals surface area contributed by atoms with Crippen molar-refractivity contribution in [1.29, 1.82) is 0 Å². The molecule has 0 bridgehead atoms. The maximum atomic E-state index is 11.1. The highest BCUT2D eigenvalue weighted by Gasteiger charge is 2.00. The second-order valence-electron chi connectivity index (χ2n) is 7.40. The molecular formula is C25H50O13. The highest BCUT2D eigenvalue weighted by atomic mass is 16.6. The first-order valence-corrected chi connectivity index (χ1v) is 13.3. The number of aliphatic hydroxyl groups is 1. The smallest absolute Gasteiger partial charge is 0.308 e. The maximum Gasteiger partial charge on any atom is 0.308 e. The van der Waals surface area contributed by atoms with Crippen molar-refractivity contribution in [3.63, 3.8) is 0 Å². The molecule has 0 saturated carbocycles. The summed E-state index contributed by atoms with van der Waals surface area (Å²) in [6.07, 6.45) is 0.256. The third-order valence-corrected chi connectivity index (χ3v) is 4.34. The van der Waals surface area contributed by atoms with E-state index in [1.54, 1.807) is 6.92 Å². The van der Waals surface area contributed by atoms with Crippen LogP contribution in [0.2, 0.25) is 0 Å². The van der Waals surface area contributed by atoms with E-state index in [4.69, 9.17) is 57.2 Å². The van der Waals surface area contributed by atoms with E-state index in [2.05, 4.69) is 0 Å². The van der Waals surface area contributed by atoms with Gasteiger partial charge < -0.3 is 57.2 Å². The Balaban J connectivity index is 3.04. The van der Waals surface area contributed by atoms with Crippen LogP contribution in [0.3, 0.4) is 0 Å². The lowest BCUT2D eigenvalue weighted by atomic mass is 10.5. The predicted molar refractivity (Wildman–Crippen MR) is 137 cm³/mol. The molecule has 0 atom stereocenters. The molecule has 0 saturated heterocycles. The van der Waals surface area contributed by atoms with Gasteiger partial charge in [-0.15, -0.1) is 0 Å². The Bertz CT molecular complexity index is 457. The lowest BCUT2D eigenvalue weighted by Crippen LogP contribution is -2.15. The van der Waals surface area contributed by atoms with Crippen molar-refractivity contribution in [3.05, 3.63) is 0 Å². The molecular weight excluding hydrogens is 508 g/mol. The summed E-state index contributed by atoms with van der Waals surface area (Å²) >= 11 is 0. The topological polar surface area (TPSA) is 139 Å². The Morgan fingerprint density at radius 2 is 0.658 bits per heavy atom. The molecule has 0 heterocycles. The summed E-state index contributed by atoms with van der Waals surface area (Å²) in [5.41, 5.74) is 0. The van der Waals surface area contributed by atoms with Gasteiger partial charge in [-0.05, 0) is 6.92 Å². The van der Waals surface area contributed by atoms with Crippen LogP contribution in [0.5, 0.6) is 0 Å². The van der Waals surface area contributed by atoms with E-state index in [9.17, 15) is 4.79 Å². The highest BCUT2D eigenvalue weighted by molar-refractivity contribution is 5.69. The van der Waals surface area contributed by atoms with E-state index in [0.717, 1.165) is 0 Å². The van der Waals surface area contributed by atoms with Crippen molar-refractivity contribution < 1.29 is 62.0 Å². The van der Waals surface area contributed by atoms with Crippen LogP contribution in [0.25, 0.3) is 0 Å². The summed E-state index contributed by atoms with van der Waals surface area (Å²) in [7, 11) is 0. The molecule has 0 aromatic heterocycles. The van der Waals surface area contributed by atoms with Gasteiger partial charge in [0, 0.05) is 0 Å². The van der Waals surface area contributed by atoms with Gasteiger partial charge in [0.25, 0.3) is 0 Å². The summed E-state index contributed by atoms with van der Waals surface area (Å²) in [6, 6.07) is 0. The molecule has 13 heteroatoms. The number of aliphatic hydroxyl groups excluding tert-OH is 1. The zero-order valence-electron chi connectivity index (χ0n) is 23.1. The zero-order valence-corrected chi connectivity index (χ0v) is 23.1. The average Bonchev–Trinajstić information content (AvgIpc) is 2.92. The minimum atomic E-state index is -0.252. The standard InChI is InChI=1S/C25H50O13/c1-2-38-25(27)3-5-28-7-9-30-11-13-32-15-17-34-19-21-36-23-24-37-22-20-35-18-16-33-14-12-31-10-8-29-6-4-26/h26H,2-24H2,1H3.